The minimum absolute atomic E-state index is 0.00954. The summed E-state index contributed by atoms with van der Waals surface area (Å²) < 4.78 is 38.9. The molecule has 0 saturated heterocycles. The zero-order valence-corrected chi connectivity index (χ0v) is 10.3. The number of carbonyl (C=O) groups is 1. The lowest BCUT2D eigenvalue weighted by atomic mass is 10.2. The van der Waals surface area contributed by atoms with E-state index in [1.165, 1.54) is 4.90 Å². The van der Waals surface area contributed by atoms with E-state index in [0.717, 1.165) is 4.57 Å². The molecule has 1 aliphatic rings. The summed E-state index contributed by atoms with van der Waals surface area (Å²) in [5.41, 5.74) is 5.63. The van der Waals surface area contributed by atoms with Crippen molar-refractivity contribution in [2.24, 2.45) is 5.73 Å². The molecule has 2 heterocycles. The first-order valence-electron chi connectivity index (χ1n) is 5.88. The Hall–Kier alpha value is -1.64. The van der Waals surface area contributed by atoms with E-state index in [9.17, 15) is 18.0 Å². The van der Waals surface area contributed by atoms with Crippen LogP contribution in [0.15, 0.2) is 0 Å². The van der Waals surface area contributed by atoms with Crippen LogP contribution in [0.5, 0.6) is 0 Å². The average Bonchev–Trinajstić information content (AvgIpc) is 2.79. The zero-order valence-electron chi connectivity index (χ0n) is 10.3. The number of halogens is 3. The van der Waals surface area contributed by atoms with Crippen LogP contribution in [-0.4, -0.2) is 38.2 Å². The third-order valence-electron chi connectivity index (χ3n) is 3.08. The summed E-state index contributed by atoms with van der Waals surface area (Å²) in [6.45, 7) is 1.99. The molecule has 2 N–H and O–H groups in total. The van der Waals surface area contributed by atoms with Gasteiger partial charge >= 0.3 is 6.18 Å². The third kappa shape index (κ3) is 2.55. The number of hydrogen-bond donors (Lipinski definition) is 1. The second-order valence-corrected chi connectivity index (χ2v) is 4.36. The molecule has 0 aliphatic carbocycles. The third-order valence-corrected chi connectivity index (χ3v) is 3.08. The minimum atomic E-state index is -4.53. The van der Waals surface area contributed by atoms with Crippen molar-refractivity contribution in [2.45, 2.75) is 38.7 Å². The molecule has 1 unspecified atom stereocenters. The Labute approximate surface area is 107 Å². The smallest absolute Gasteiger partial charge is 0.332 e. The lowest BCUT2D eigenvalue weighted by molar-refractivity contribution is -0.148. The number of hydrogen-bond acceptors (Lipinski definition) is 4. The van der Waals surface area contributed by atoms with Crippen LogP contribution < -0.4 is 5.73 Å². The van der Waals surface area contributed by atoms with Gasteiger partial charge in [-0.25, -0.2) is 0 Å². The highest BCUT2D eigenvalue weighted by molar-refractivity contribution is 5.81. The predicted molar refractivity (Wildman–Crippen MR) is 58.7 cm³/mol. The maximum Gasteiger partial charge on any atom is 0.451 e. The first-order chi connectivity index (χ1) is 8.84. The van der Waals surface area contributed by atoms with Gasteiger partial charge in [0.2, 0.25) is 11.7 Å². The van der Waals surface area contributed by atoms with Crippen LogP contribution in [0.3, 0.4) is 0 Å². The number of aromatic nitrogens is 3. The van der Waals surface area contributed by atoms with Crippen LogP contribution in [-0.2, 0) is 24.1 Å². The first kappa shape index (κ1) is 13.8. The number of fused-ring (bicyclic) bond motifs is 1. The summed E-state index contributed by atoms with van der Waals surface area (Å²) in [7, 11) is 0. The second kappa shape index (κ2) is 4.80. The molecule has 6 nitrogen and oxygen atoms in total. The van der Waals surface area contributed by atoms with Gasteiger partial charge < -0.3 is 15.2 Å². The van der Waals surface area contributed by atoms with Gasteiger partial charge in [-0.3, -0.25) is 4.79 Å². The molecule has 1 aromatic heterocycles. The van der Waals surface area contributed by atoms with E-state index >= 15 is 0 Å². The van der Waals surface area contributed by atoms with E-state index in [4.69, 9.17) is 5.73 Å². The van der Waals surface area contributed by atoms with Gasteiger partial charge in [-0.2, -0.15) is 13.2 Å². The summed E-state index contributed by atoms with van der Waals surface area (Å²) in [5, 5.41) is 6.65. The molecule has 1 atom stereocenters. The largest absolute Gasteiger partial charge is 0.451 e. The molecule has 0 saturated carbocycles. The Morgan fingerprint density at radius 3 is 2.68 bits per heavy atom. The van der Waals surface area contributed by atoms with Crippen LogP contribution in [0.1, 0.15) is 25.0 Å². The van der Waals surface area contributed by atoms with Gasteiger partial charge in [-0.05, 0) is 6.42 Å². The van der Waals surface area contributed by atoms with Crippen molar-refractivity contribution in [2.75, 3.05) is 6.54 Å². The number of nitrogens with two attached hydrogens (primary N) is 1. The lowest BCUT2D eigenvalue weighted by Crippen LogP contribution is -2.47. The molecule has 0 spiro atoms. The first-order valence-corrected chi connectivity index (χ1v) is 5.88. The highest BCUT2D eigenvalue weighted by Crippen LogP contribution is 2.29. The predicted octanol–water partition coefficient (Wildman–Crippen LogP) is 0.376. The van der Waals surface area contributed by atoms with Crippen molar-refractivity contribution >= 4 is 5.91 Å². The van der Waals surface area contributed by atoms with Gasteiger partial charge in [-0.1, -0.05) is 6.92 Å². The van der Waals surface area contributed by atoms with E-state index in [2.05, 4.69) is 10.2 Å². The van der Waals surface area contributed by atoms with E-state index in [1.807, 2.05) is 0 Å². The van der Waals surface area contributed by atoms with Gasteiger partial charge in [0.1, 0.15) is 0 Å². The van der Waals surface area contributed by atoms with Crippen molar-refractivity contribution < 1.29 is 18.0 Å². The van der Waals surface area contributed by atoms with Gasteiger partial charge in [0, 0.05) is 13.1 Å². The van der Waals surface area contributed by atoms with Crippen LogP contribution in [0.4, 0.5) is 13.2 Å². The maximum absolute atomic E-state index is 12.6. The number of amides is 1. The van der Waals surface area contributed by atoms with Gasteiger partial charge in [0.15, 0.2) is 5.82 Å². The summed E-state index contributed by atoms with van der Waals surface area (Å²) in [4.78, 5) is 13.3. The monoisotopic (exact) mass is 277 g/mol. The summed E-state index contributed by atoms with van der Waals surface area (Å²) in [6, 6.07) is -0.628. The lowest BCUT2D eigenvalue weighted by Gasteiger charge is -2.29. The molecule has 1 aliphatic heterocycles. The van der Waals surface area contributed by atoms with Gasteiger partial charge in [-0.15, -0.1) is 10.2 Å². The number of nitrogens with zero attached hydrogens (tertiary/aromatic N) is 4. The van der Waals surface area contributed by atoms with E-state index in [-0.39, 0.29) is 31.4 Å². The molecule has 19 heavy (non-hydrogen) atoms. The van der Waals surface area contributed by atoms with Crippen LogP contribution in [0.25, 0.3) is 0 Å². The fourth-order valence-electron chi connectivity index (χ4n) is 1.96. The molecule has 2 rings (SSSR count). The van der Waals surface area contributed by atoms with Crippen molar-refractivity contribution in [3.05, 3.63) is 11.6 Å². The van der Waals surface area contributed by atoms with Gasteiger partial charge in [0.05, 0.1) is 12.6 Å². The van der Waals surface area contributed by atoms with Crippen molar-refractivity contribution in [1.29, 1.82) is 0 Å². The minimum Gasteiger partial charge on any atom is -0.332 e. The average molecular weight is 277 g/mol. The van der Waals surface area contributed by atoms with Crippen LogP contribution in [0, 0.1) is 0 Å². The maximum atomic E-state index is 12.6. The van der Waals surface area contributed by atoms with Gasteiger partial charge in [0.25, 0.3) is 0 Å². The Balaban J connectivity index is 2.18. The number of carbonyl (C=O) groups excluding carboxylic acids is 1. The SMILES string of the molecule is CCC(N)C(=O)N1CCn2c(nnc2C(F)(F)F)C1. The molecule has 0 aromatic carbocycles. The number of rotatable bonds is 2. The van der Waals surface area contributed by atoms with E-state index < -0.39 is 18.0 Å². The Morgan fingerprint density at radius 2 is 2.11 bits per heavy atom. The fraction of sp³-hybridized carbons (Fsp3) is 0.700. The van der Waals surface area contributed by atoms with E-state index in [0.29, 0.717) is 6.42 Å². The van der Waals surface area contributed by atoms with Crippen LogP contribution in [0.2, 0.25) is 0 Å². The molecular formula is C10H14F3N5O. The topological polar surface area (TPSA) is 77.0 Å². The standard InChI is InChI=1S/C10H14F3N5O/c1-2-6(14)8(19)17-3-4-18-7(5-17)15-16-9(18)10(11,12)13/h6H,2-5,14H2,1H3. The number of alkyl halides is 3. The van der Waals surface area contributed by atoms with E-state index in [1.54, 1.807) is 6.92 Å². The summed E-state index contributed by atoms with van der Waals surface area (Å²) in [6.07, 6.45) is -4.05. The highest BCUT2D eigenvalue weighted by Gasteiger charge is 2.40. The Morgan fingerprint density at radius 1 is 1.42 bits per heavy atom. The van der Waals surface area contributed by atoms with Crippen molar-refractivity contribution in [3.63, 3.8) is 0 Å². The summed E-state index contributed by atoms with van der Waals surface area (Å²) in [5.74, 6) is -1.16. The normalized spacial score (nSPS) is 17.2. The Kier molecular flexibility index (Phi) is 3.48. The summed E-state index contributed by atoms with van der Waals surface area (Å²) >= 11 is 0. The second-order valence-electron chi connectivity index (χ2n) is 4.36. The van der Waals surface area contributed by atoms with Crippen LogP contribution >= 0.6 is 0 Å². The molecule has 1 aromatic rings. The Bertz CT molecular complexity index is 484. The fourth-order valence-corrected chi connectivity index (χ4v) is 1.96. The molecule has 9 heteroatoms. The quantitative estimate of drug-likeness (QED) is 0.847. The molecule has 0 bridgehead atoms. The molecule has 0 fully saturated rings. The zero-order chi connectivity index (χ0) is 14.2. The molecular weight excluding hydrogens is 263 g/mol. The van der Waals surface area contributed by atoms with Crippen molar-refractivity contribution in [3.8, 4) is 0 Å². The molecule has 1 amide bonds. The molecule has 0 radical (unpaired) electrons. The highest BCUT2D eigenvalue weighted by atomic mass is 19.4. The van der Waals surface area contributed by atoms with Crippen molar-refractivity contribution in [1.82, 2.24) is 19.7 Å². The molecule has 106 valence electrons.